The van der Waals surface area contributed by atoms with Crippen LogP contribution in [0.5, 0.6) is 0 Å². The third-order valence-corrected chi connectivity index (χ3v) is 2.20. The van der Waals surface area contributed by atoms with Crippen molar-refractivity contribution >= 4 is 17.7 Å². The summed E-state index contributed by atoms with van der Waals surface area (Å²) in [6.07, 6.45) is 3.39. The van der Waals surface area contributed by atoms with E-state index in [1.54, 1.807) is 24.3 Å². The molecule has 0 aliphatic carbocycles. The van der Waals surface area contributed by atoms with E-state index in [0.29, 0.717) is 24.6 Å². The van der Waals surface area contributed by atoms with Gasteiger partial charge in [0.25, 0.3) is 0 Å². The molecule has 1 N–H and O–H groups in total. The minimum absolute atomic E-state index is 0.286. The monoisotopic (exact) mass is 248 g/mol. The van der Waals surface area contributed by atoms with Gasteiger partial charge in [0.2, 0.25) is 5.95 Å². The lowest BCUT2D eigenvalue weighted by molar-refractivity contribution is 0.223. The normalized spacial score (nSPS) is 9.44. The Hall–Kier alpha value is -2.36. The van der Waals surface area contributed by atoms with Gasteiger partial charge < -0.3 is 15.1 Å². The summed E-state index contributed by atoms with van der Waals surface area (Å²) in [5, 5.41) is 11.1. The quantitative estimate of drug-likeness (QED) is 0.856. The molecule has 0 saturated heterocycles. The summed E-state index contributed by atoms with van der Waals surface area (Å²) >= 11 is 0. The number of hydrogen-bond donors (Lipinski definition) is 1. The number of rotatable bonds is 4. The fraction of sp³-hybridized carbons (Fsp3) is 0.455. The Balaban J connectivity index is 2.57. The third-order valence-electron chi connectivity index (χ3n) is 2.20. The summed E-state index contributed by atoms with van der Waals surface area (Å²) in [6, 6.07) is 1.70. The van der Waals surface area contributed by atoms with Crippen LogP contribution in [-0.4, -0.2) is 48.6 Å². The Morgan fingerprint density at radius 2 is 2.00 bits per heavy atom. The van der Waals surface area contributed by atoms with Crippen molar-refractivity contribution in [2.24, 2.45) is 0 Å². The summed E-state index contributed by atoms with van der Waals surface area (Å²) < 4.78 is 0. The number of aromatic nitrogens is 2. The number of amides is 2. The molecule has 0 radical (unpaired) electrons. The molecule has 0 aliphatic heterocycles. The predicted molar refractivity (Wildman–Crippen MR) is 68.2 cm³/mol. The lowest BCUT2D eigenvalue weighted by atomic mass is 10.4. The van der Waals surface area contributed by atoms with E-state index in [1.807, 2.05) is 20.2 Å². The van der Waals surface area contributed by atoms with Crippen molar-refractivity contribution in [3.63, 3.8) is 0 Å². The van der Waals surface area contributed by atoms with Crippen LogP contribution >= 0.6 is 0 Å². The van der Waals surface area contributed by atoms with Gasteiger partial charge in [-0.05, 0) is 0 Å². The standard InChI is InChI=1S/C11H16N6O/c1-16(2)10-13-7-9(8-14-10)15-11(18)17(3)6-4-5-12/h7-8H,4,6H2,1-3H3,(H,15,18). The number of urea groups is 1. The second-order valence-electron chi connectivity index (χ2n) is 3.93. The molecule has 18 heavy (non-hydrogen) atoms. The summed E-state index contributed by atoms with van der Waals surface area (Å²) in [6.45, 7) is 0.388. The predicted octanol–water partition coefficient (Wildman–Crippen LogP) is 0.920. The molecule has 0 spiro atoms. The first kappa shape index (κ1) is 13.7. The molecule has 0 unspecified atom stereocenters. The second-order valence-corrected chi connectivity index (χ2v) is 3.93. The zero-order valence-corrected chi connectivity index (χ0v) is 10.7. The largest absolute Gasteiger partial charge is 0.347 e. The fourth-order valence-electron chi connectivity index (χ4n) is 1.15. The zero-order valence-electron chi connectivity index (χ0n) is 10.7. The maximum atomic E-state index is 11.7. The van der Waals surface area contributed by atoms with Crippen LogP contribution in [0.15, 0.2) is 12.4 Å². The Morgan fingerprint density at radius 1 is 1.39 bits per heavy atom. The van der Waals surface area contributed by atoms with Crippen molar-refractivity contribution in [2.75, 3.05) is 37.9 Å². The summed E-state index contributed by atoms with van der Waals surface area (Å²) in [7, 11) is 5.30. The summed E-state index contributed by atoms with van der Waals surface area (Å²) in [5.74, 6) is 0.575. The van der Waals surface area contributed by atoms with Crippen LogP contribution in [0.2, 0.25) is 0 Å². The minimum Gasteiger partial charge on any atom is -0.347 e. The molecule has 0 saturated carbocycles. The molecular formula is C11H16N6O. The van der Waals surface area contributed by atoms with Gasteiger partial charge in [-0.25, -0.2) is 14.8 Å². The van der Waals surface area contributed by atoms with Gasteiger partial charge in [-0.15, -0.1) is 0 Å². The highest BCUT2D eigenvalue weighted by molar-refractivity contribution is 5.88. The van der Waals surface area contributed by atoms with Crippen LogP contribution in [0, 0.1) is 11.3 Å². The summed E-state index contributed by atoms with van der Waals surface area (Å²) in [4.78, 5) is 23.0. The fourth-order valence-corrected chi connectivity index (χ4v) is 1.15. The van der Waals surface area contributed by atoms with Crippen LogP contribution < -0.4 is 10.2 Å². The molecule has 1 heterocycles. The van der Waals surface area contributed by atoms with Gasteiger partial charge >= 0.3 is 6.03 Å². The molecule has 0 atom stereocenters. The number of hydrogen-bond acceptors (Lipinski definition) is 5. The van der Waals surface area contributed by atoms with Crippen molar-refractivity contribution in [3.8, 4) is 6.07 Å². The van der Waals surface area contributed by atoms with Crippen molar-refractivity contribution in [3.05, 3.63) is 12.4 Å². The van der Waals surface area contributed by atoms with Gasteiger partial charge in [0.05, 0.1) is 30.6 Å². The van der Waals surface area contributed by atoms with Crippen LogP contribution in [0.4, 0.5) is 16.4 Å². The molecule has 0 aromatic carbocycles. The van der Waals surface area contributed by atoms with Crippen LogP contribution in [0.25, 0.3) is 0 Å². The molecular weight excluding hydrogens is 232 g/mol. The van der Waals surface area contributed by atoms with Crippen molar-refractivity contribution in [2.45, 2.75) is 6.42 Å². The van der Waals surface area contributed by atoms with Gasteiger partial charge in [-0.3, -0.25) is 0 Å². The molecule has 1 aromatic heterocycles. The highest BCUT2D eigenvalue weighted by atomic mass is 16.2. The molecule has 1 aromatic rings. The molecule has 0 bridgehead atoms. The maximum Gasteiger partial charge on any atom is 0.321 e. The SMILES string of the molecule is CN(CCC#N)C(=O)Nc1cnc(N(C)C)nc1. The van der Waals surface area contributed by atoms with Gasteiger partial charge in [0, 0.05) is 27.7 Å². The molecule has 7 nitrogen and oxygen atoms in total. The van der Waals surface area contributed by atoms with Crippen molar-refractivity contribution in [1.82, 2.24) is 14.9 Å². The Bertz CT molecular complexity index is 436. The highest BCUT2D eigenvalue weighted by Crippen LogP contribution is 2.08. The molecule has 0 fully saturated rings. The van der Waals surface area contributed by atoms with Crippen LogP contribution in [-0.2, 0) is 0 Å². The van der Waals surface area contributed by atoms with E-state index >= 15 is 0 Å². The number of anilines is 2. The van der Waals surface area contributed by atoms with Crippen LogP contribution in [0.1, 0.15) is 6.42 Å². The average Bonchev–Trinajstić information content (AvgIpc) is 2.36. The Kier molecular flexibility index (Phi) is 4.87. The smallest absolute Gasteiger partial charge is 0.321 e. The first-order chi connectivity index (χ1) is 8.54. The van der Waals surface area contributed by atoms with Crippen LogP contribution in [0.3, 0.4) is 0 Å². The number of nitriles is 1. The molecule has 96 valence electrons. The molecule has 1 rings (SSSR count). The molecule has 7 heteroatoms. The number of nitrogens with one attached hydrogen (secondary N) is 1. The topological polar surface area (TPSA) is 85.2 Å². The van der Waals surface area contributed by atoms with Gasteiger partial charge in [0.15, 0.2) is 0 Å². The Morgan fingerprint density at radius 3 is 2.50 bits per heavy atom. The van der Waals surface area contributed by atoms with Crippen molar-refractivity contribution < 1.29 is 4.79 Å². The van der Waals surface area contributed by atoms with E-state index in [2.05, 4.69) is 15.3 Å². The van der Waals surface area contributed by atoms with E-state index in [-0.39, 0.29) is 6.03 Å². The van der Waals surface area contributed by atoms with Gasteiger partial charge in [-0.1, -0.05) is 0 Å². The van der Waals surface area contributed by atoms with E-state index in [4.69, 9.17) is 5.26 Å². The third kappa shape index (κ3) is 3.90. The van der Waals surface area contributed by atoms with E-state index < -0.39 is 0 Å². The number of nitrogens with zero attached hydrogens (tertiary/aromatic N) is 5. The highest BCUT2D eigenvalue weighted by Gasteiger charge is 2.08. The lowest BCUT2D eigenvalue weighted by Gasteiger charge is -2.16. The zero-order chi connectivity index (χ0) is 13.5. The van der Waals surface area contributed by atoms with E-state index in [0.717, 1.165) is 0 Å². The first-order valence-corrected chi connectivity index (χ1v) is 5.43. The minimum atomic E-state index is -0.286. The number of carbonyl (C=O) groups is 1. The second kappa shape index (κ2) is 6.39. The molecule has 0 aliphatic rings. The van der Waals surface area contributed by atoms with Crippen molar-refractivity contribution in [1.29, 1.82) is 5.26 Å². The van der Waals surface area contributed by atoms with E-state index in [1.165, 1.54) is 4.90 Å². The summed E-state index contributed by atoms with van der Waals surface area (Å²) in [5.41, 5.74) is 0.523. The first-order valence-electron chi connectivity index (χ1n) is 5.43. The van der Waals surface area contributed by atoms with Gasteiger partial charge in [0.1, 0.15) is 0 Å². The lowest BCUT2D eigenvalue weighted by Crippen LogP contribution is -2.32. The number of carbonyl (C=O) groups excluding carboxylic acids is 1. The molecule has 2 amide bonds. The van der Waals surface area contributed by atoms with Gasteiger partial charge in [-0.2, -0.15) is 5.26 Å². The average molecular weight is 248 g/mol. The van der Waals surface area contributed by atoms with E-state index in [9.17, 15) is 4.79 Å². The maximum absolute atomic E-state index is 11.7. The Labute approximate surface area is 106 Å².